The maximum absolute atomic E-state index is 14.4. The number of amides is 1. The van der Waals surface area contributed by atoms with Crippen molar-refractivity contribution in [1.29, 1.82) is 5.26 Å². The minimum absolute atomic E-state index is 0.00467. The van der Waals surface area contributed by atoms with Crippen molar-refractivity contribution >= 4 is 12.0 Å². The van der Waals surface area contributed by atoms with E-state index in [2.05, 4.69) is 0 Å². The zero-order valence-electron chi connectivity index (χ0n) is 16.2. The zero-order chi connectivity index (χ0) is 21.7. The topological polar surface area (TPSA) is 76.1 Å². The molecule has 0 fully saturated rings. The number of nitrogens with two attached hydrogens (primary N) is 1. The molecule has 0 aliphatic heterocycles. The van der Waals surface area contributed by atoms with Crippen molar-refractivity contribution in [1.82, 2.24) is 0 Å². The van der Waals surface area contributed by atoms with E-state index in [4.69, 9.17) is 15.7 Å². The van der Waals surface area contributed by atoms with Crippen molar-refractivity contribution in [2.75, 3.05) is 0 Å². The molecule has 1 amide bonds. The van der Waals surface area contributed by atoms with Crippen LogP contribution in [-0.4, -0.2) is 5.91 Å². The molecular weight excluding hydrogens is 386 g/mol. The molecule has 0 saturated carbocycles. The lowest BCUT2D eigenvalue weighted by atomic mass is 9.97. The molecule has 3 rings (SSSR count). The van der Waals surface area contributed by atoms with Gasteiger partial charge in [0, 0.05) is 0 Å². The van der Waals surface area contributed by atoms with E-state index < -0.39 is 28.9 Å². The summed E-state index contributed by atoms with van der Waals surface area (Å²) in [5, 5.41) is 8.86. The van der Waals surface area contributed by atoms with Crippen LogP contribution in [0.2, 0.25) is 0 Å². The van der Waals surface area contributed by atoms with Gasteiger partial charge >= 0.3 is 0 Å². The molecule has 0 aliphatic carbocycles. The van der Waals surface area contributed by atoms with E-state index in [-0.39, 0.29) is 12.2 Å². The third-order valence-corrected chi connectivity index (χ3v) is 4.62. The molecule has 2 N–H and O–H groups in total. The maximum Gasteiger partial charge on any atom is 0.259 e. The first-order valence-corrected chi connectivity index (χ1v) is 9.08. The van der Waals surface area contributed by atoms with E-state index in [9.17, 15) is 13.6 Å². The molecule has 150 valence electrons. The second-order valence-electron chi connectivity index (χ2n) is 6.59. The third kappa shape index (κ3) is 4.53. The van der Waals surface area contributed by atoms with Gasteiger partial charge in [-0.15, -0.1) is 0 Å². The van der Waals surface area contributed by atoms with Crippen LogP contribution in [0.25, 0.3) is 17.2 Å². The van der Waals surface area contributed by atoms with Crippen LogP contribution in [0.1, 0.15) is 16.7 Å². The molecule has 0 radical (unpaired) electrons. The van der Waals surface area contributed by atoms with Gasteiger partial charge in [-0.1, -0.05) is 48.5 Å². The summed E-state index contributed by atoms with van der Waals surface area (Å²) < 4.78 is 34.3. The highest BCUT2D eigenvalue weighted by Gasteiger charge is 2.15. The molecular formula is C24H18F2N2O2. The summed E-state index contributed by atoms with van der Waals surface area (Å²) in [6, 6.07) is 19.0. The summed E-state index contributed by atoms with van der Waals surface area (Å²) in [5.41, 5.74) is 8.41. The predicted molar refractivity (Wildman–Crippen MR) is 110 cm³/mol. The molecule has 0 unspecified atom stereocenters. The zero-order valence-corrected chi connectivity index (χ0v) is 16.2. The van der Waals surface area contributed by atoms with Gasteiger partial charge in [0.1, 0.15) is 18.2 Å². The first kappa shape index (κ1) is 20.7. The molecule has 0 spiro atoms. The standard InChI is InChI=1S/C24H18F2N2O2/c1-15-18(8-5-9-20(15)17-6-3-2-4-7-17)14-30-23-21(25)11-16(12-22(23)26)10-19(13-27)24(28)29/h2-12H,14H2,1H3,(H2,28,29). The molecule has 0 bridgehead atoms. The smallest absolute Gasteiger partial charge is 0.259 e. The maximum atomic E-state index is 14.4. The number of carbonyl (C=O) groups is 1. The Labute approximate surface area is 172 Å². The number of rotatable bonds is 6. The fourth-order valence-corrected chi connectivity index (χ4v) is 3.05. The lowest BCUT2D eigenvalue weighted by Crippen LogP contribution is -2.12. The monoisotopic (exact) mass is 404 g/mol. The summed E-state index contributed by atoms with van der Waals surface area (Å²) in [6.07, 6.45) is 1.02. The van der Waals surface area contributed by atoms with Crippen molar-refractivity contribution < 1.29 is 18.3 Å². The molecule has 3 aromatic rings. The molecule has 4 nitrogen and oxygen atoms in total. The van der Waals surface area contributed by atoms with Gasteiger partial charge in [-0.2, -0.15) is 5.26 Å². The molecule has 0 saturated heterocycles. The minimum atomic E-state index is -0.979. The molecule has 0 aliphatic rings. The van der Waals surface area contributed by atoms with Crippen LogP contribution >= 0.6 is 0 Å². The number of hydrogen-bond donors (Lipinski definition) is 1. The van der Waals surface area contributed by atoms with Crippen LogP contribution in [0, 0.1) is 29.9 Å². The van der Waals surface area contributed by atoms with Gasteiger partial charge in [-0.25, -0.2) is 8.78 Å². The molecule has 0 aromatic heterocycles. The van der Waals surface area contributed by atoms with Crippen LogP contribution < -0.4 is 10.5 Å². The number of carbonyl (C=O) groups excluding carboxylic acids is 1. The Bertz CT molecular complexity index is 1140. The second-order valence-corrected chi connectivity index (χ2v) is 6.59. The minimum Gasteiger partial charge on any atom is -0.483 e. The van der Waals surface area contributed by atoms with Crippen LogP contribution in [0.4, 0.5) is 8.78 Å². The first-order chi connectivity index (χ1) is 14.4. The van der Waals surface area contributed by atoms with Gasteiger partial charge in [0.25, 0.3) is 5.91 Å². The largest absolute Gasteiger partial charge is 0.483 e. The van der Waals surface area contributed by atoms with Gasteiger partial charge in [-0.3, -0.25) is 4.79 Å². The highest BCUT2D eigenvalue weighted by Crippen LogP contribution is 2.29. The quantitative estimate of drug-likeness (QED) is 0.468. The summed E-state index contributed by atoms with van der Waals surface area (Å²) in [7, 11) is 0. The fourth-order valence-electron chi connectivity index (χ4n) is 3.05. The Balaban J connectivity index is 1.85. The predicted octanol–water partition coefficient (Wildman–Crippen LogP) is 4.91. The van der Waals surface area contributed by atoms with Crippen LogP contribution in [0.5, 0.6) is 5.75 Å². The van der Waals surface area contributed by atoms with E-state index >= 15 is 0 Å². The summed E-state index contributed by atoms with van der Waals surface area (Å²) >= 11 is 0. The van der Waals surface area contributed by atoms with Crippen molar-refractivity contribution in [2.45, 2.75) is 13.5 Å². The molecule has 3 aromatic carbocycles. The Morgan fingerprint density at radius 1 is 1.10 bits per heavy atom. The number of nitriles is 1. The third-order valence-electron chi connectivity index (χ3n) is 4.62. The lowest BCUT2D eigenvalue weighted by molar-refractivity contribution is -0.114. The van der Waals surface area contributed by atoms with E-state index in [1.807, 2.05) is 55.5 Å². The van der Waals surface area contributed by atoms with Crippen LogP contribution in [0.15, 0.2) is 66.2 Å². The number of nitrogens with zero attached hydrogens (tertiary/aromatic N) is 1. The number of benzene rings is 3. The number of halogens is 2. The number of primary amides is 1. The average Bonchev–Trinajstić information content (AvgIpc) is 2.73. The van der Waals surface area contributed by atoms with Crippen LogP contribution in [0.3, 0.4) is 0 Å². The lowest BCUT2D eigenvalue weighted by Gasteiger charge is -2.14. The summed E-state index contributed by atoms with van der Waals surface area (Å²) in [5.74, 6) is -3.40. The summed E-state index contributed by atoms with van der Waals surface area (Å²) in [6.45, 7) is 1.90. The van der Waals surface area contributed by atoms with E-state index in [1.165, 1.54) is 0 Å². The molecule has 30 heavy (non-hydrogen) atoms. The highest BCUT2D eigenvalue weighted by atomic mass is 19.1. The Morgan fingerprint density at radius 2 is 1.77 bits per heavy atom. The van der Waals surface area contributed by atoms with Crippen molar-refractivity contribution in [2.24, 2.45) is 5.73 Å². The van der Waals surface area contributed by atoms with Gasteiger partial charge in [0.15, 0.2) is 17.4 Å². The van der Waals surface area contributed by atoms with E-state index in [1.54, 1.807) is 6.07 Å². The Kier molecular flexibility index (Phi) is 6.23. The molecule has 6 heteroatoms. The fraction of sp³-hybridized carbons (Fsp3) is 0.0833. The normalized spacial score (nSPS) is 11.1. The molecule has 0 heterocycles. The second kappa shape index (κ2) is 9.01. The van der Waals surface area contributed by atoms with Crippen molar-refractivity contribution in [3.8, 4) is 22.9 Å². The molecule has 0 atom stereocenters. The van der Waals surface area contributed by atoms with Crippen molar-refractivity contribution in [3.63, 3.8) is 0 Å². The number of ether oxygens (including phenoxy) is 1. The van der Waals surface area contributed by atoms with Gasteiger partial charge in [-0.05, 0) is 52.9 Å². The highest BCUT2D eigenvalue weighted by molar-refractivity contribution is 6.00. The Morgan fingerprint density at radius 3 is 2.37 bits per heavy atom. The van der Waals surface area contributed by atoms with Gasteiger partial charge in [0.2, 0.25) is 0 Å². The average molecular weight is 404 g/mol. The SMILES string of the molecule is Cc1c(COc2c(F)cc(C=C(C#N)C(N)=O)cc2F)cccc1-c1ccccc1. The van der Waals surface area contributed by atoms with Crippen molar-refractivity contribution in [3.05, 3.63) is 94.6 Å². The first-order valence-electron chi connectivity index (χ1n) is 9.08. The van der Waals surface area contributed by atoms with Gasteiger partial charge in [0.05, 0.1) is 0 Å². The Hall–Kier alpha value is -3.98. The van der Waals surface area contributed by atoms with E-state index in [0.29, 0.717) is 0 Å². The van der Waals surface area contributed by atoms with E-state index in [0.717, 1.165) is 40.5 Å². The summed E-state index contributed by atoms with van der Waals surface area (Å²) in [4.78, 5) is 11.1. The van der Waals surface area contributed by atoms with Crippen LogP contribution in [-0.2, 0) is 11.4 Å². The number of hydrogen-bond acceptors (Lipinski definition) is 3. The van der Waals surface area contributed by atoms with Gasteiger partial charge < -0.3 is 10.5 Å².